The molecule has 1 fully saturated rings. The van der Waals surface area contributed by atoms with Gasteiger partial charge in [-0.1, -0.05) is 0 Å². The molecule has 0 aromatic carbocycles. The Morgan fingerprint density at radius 3 is 3.08 bits per heavy atom. The highest BCUT2D eigenvalue weighted by Gasteiger charge is 2.28. The third kappa shape index (κ3) is 0.768. The van der Waals surface area contributed by atoms with E-state index in [1.54, 1.807) is 15.9 Å². The Balaban J connectivity index is 2.23. The third-order valence-electron chi connectivity index (χ3n) is 2.07. The summed E-state index contributed by atoms with van der Waals surface area (Å²) >= 11 is 1.54. The summed E-state index contributed by atoms with van der Waals surface area (Å²) in [5, 5.41) is 6.19. The van der Waals surface area contributed by atoms with E-state index in [1.165, 1.54) is 12.8 Å². The van der Waals surface area contributed by atoms with Crippen molar-refractivity contribution in [2.24, 2.45) is 0 Å². The number of nitrogen functional groups attached to an aromatic ring is 1. The molecule has 1 aliphatic rings. The summed E-state index contributed by atoms with van der Waals surface area (Å²) in [4.78, 5) is 5.30. The first kappa shape index (κ1) is 6.42. The molecule has 2 aromatic heterocycles. The molecule has 2 aromatic rings. The van der Waals surface area contributed by atoms with Crippen molar-refractivity contribution in [3.63, 3.8) is 0 Å². The fourth-order valence-electron chi connectivity index (χ4n) is 1.23. The van der Waals surface area contributed by atoms with E-state index >= 15 is 0 Å². The van der Waals surface area contributed by atoms with Crippen LogP contribution in [0.3, 0.4) is 0 Å². The maximum atomic E-state index is 5.68. The van der Waals surface area contributed by atoms with Crippen molar-refractivity contribution in [3.8, 4) is 0 Å². The van der Waals surface area contributed by atoms with Crippen LogP contribution in [0.5, 0.6) is 0 Å². The van der Waals surface area contributed by atoms with Crippen LogP contribution in [0.1, 0.15) is 24.6 Å². The third-order valence-corrected chi connectivity index (χ3v) is 2.90. The van der Waals surface area contributed by atoms with Gasteiger partial charge in [-0.25, -0.2) is 4.98 Å². The minimum absolute atomic E-state index is 0.608. The quantitative estimate of drug-likeness (QED) is 0.718. The van der Waals surface area contributed by atoms with Crippen molar-refractivity contribution in [1.82, 2.24) is 14.6 Å². The van der Waals surface area contributed by atoms with E-state index in [-0.39, 0.29) is 0 Å². The average molecular weight is 180 g/mol. The van der Waals surface area contributed by atoms with Crippen molar-refractivity contribution in [2.45, 2.75) is 18.8 Å². The van der Waals surface area contributed by atoms with E-state index in [0.29, 0.717) is 11.7 Å². The Bertz CT molecular complexity index is 425. The summed E-state index contributed by atoms with van der Waals surface area (Å²) in [5.74, 6) is 2.26. The molecular weight excluding hydrogens is 172 g/mol. The topological polar surface area (TPSA) is 56.2 Å². The van der Waals surface area contributed by atoms with E-state index in [9.17, 15) is 0 Å². The molecule has 62 valence electrons. The second-order valence-electron chi connectivity index (χ2n) is 3.10. The van der Waals surface area contributed by atoms with Gasteiger partial charge in [0.05, 0.1) is 0 Å². The van der Waals surface area contributed by atoms with E-state index in [4.69, 9.17) is 5.73 Å². The smallest absolute Gasteiger partial charge is 0.214 e. The fraction of sp³-hybridized carbons (Fsp3) is 0.429. The highest BCUT2D eigenvalue weighted by molar-refractivity contribution is 7.15. The van der Waals surface area contributed by atoms with Crippen LogP contribution >= 0.6 is 11.3 Å². The Kier molecular flexibility index (Phi) is 1.06. The molecule has 12 heavy (non-hydrogen) atoms. The van der Waals surface area contributed by atoms with Crippen LogP contribution in [-0.4, -0.2) is 14.6 Å². The summed E-state index contributed by atoms with van der Waals surface area (Å²) < 4.78 is 1.72. The lowest BCUT2D eigenvalue weighted by molar-refractivity contribution is 0.888. The van der Waals surface area contributed by atoms with E-state index < -0.39 is 0 Å². The zero-order valence-corrected chi connectivity index (χ0v) is 7.21. The minimum Gasteiger partial charge on any atom is -0.383 e. The Morgan fingerprint density at radius 2 is 2.42 bits per heavy atom. The lowest BCUT2D eigenvalue weighted by Gasteiger charge is -1.85. The molecule has 0 spiro atoms. The van der Waals surface area contributed by atoms with Crippen LogP contribution in [0.15, 0.2) is 5.38 Å². The summed E-state index contributed by atoms with van der Waals surface area (Å²) in [5.41, 5.74) is 5.68. The maximum Gasteiger partial charge on any atom is 0.214 e. The molecule has 0 aliphatic heterocycles. The van der Waals surface area contributed by atoms with Crippen LogP contribution in [0.25, 0.3) is 4.96 Å². The van der Waals surface area contributed by atoms with Crippen LogP contribution in [0.2, 0.25) is 0 Å². The predicted molar refractivity (Wildman–Crippen MR) is 47.3 cm³/mol. The fourth-order valence-corrected chi connectivity index (χ4v) is 1.95. The first-order valence-corrected chi connectivity index (χ1v) is 4.82. The van der Waals surface area contributed by atoms with Gasteiger partial charge in [-0.2, -0.15) is 4.52 Å². The van der Waals surface area contributed by atoms with Crippen LogP contribution in [0, 0.1) is 0 Å². The van der Waals surface area contributed by atoms with E-state index in [0.717, 1.165) is 10.8 Å². The van der Waals surface area contributed by atoms with Gasteiger partial charge >= 0.3 is 0 Å². The lowest BCUT2D eigenvalue weighted by atomic mass is 10.4. The number of fused-ring (bicyclic) bond motifs is 1. The van der Waals surface area contributed by atoms with Crippen molar-refractivity contribution in [1.29, 1.82) is 0 Å². The van der Waals surface area contributed by atoms with Gasteiger partial charge < -0.3 is 5.73 Å². The zero-order chi connectivity index (χ0) is 8.13. The molecule has 0 unspecified atom stereocenters. The van der Waals surface area contributed by atoms with Crippen molar-refractivity contribution in [2.75, 3.05) is 5.73 Å². The van der Waals surface area contributed by atoms with Crippen LogP contribution in [0.4, 0.5) is 5.82 Å². The van der Waals surface area contributed by atoms with Gasteiger partial charge in [0.2, 0.25) is 4.96 Å². The van der Waals surface area contributed by atoms with Gasteiger partial charge in [0.1, 0.15) is 5.82 Å². The number of thiazole rings is 1. The van der Waals surface area contributed by atoms with Crippen LogP contribution in [-0.2, 0) is 0 Å². The first-order valence-electron chi connectivity index (χ1n) is 3.94. The summed E-state index contributed by atoms with van der Waals surface area (Å²) in [6, 6.07) is 0. The van der Waals surface area contributed by atoms with Crippen molar-refractivity contribution in [3.05, 3.63) is 11.2 Å². The van der Waals surface area contributed by atoms with E-state index in [2.05, 4.69) is 10.1 Å². The molecule has 3 rings (SSSR count). The SMILES string of the molecule is Nc1csc2nc(C3CC3)nn12. The molecule has 0 saturated heterocycles. The minimum atomic E-state index is 0.608. The molecule has 0 atom stereocenters. The first-order chi connectivity index (χ1) is 5.84. The molecule has 0 radical (unpaired) electrons. The molecule has 4 nitrogen and oxygen atoms in total. The molecular formula is C7H8N4S. The van der Waals surface area contributed by atoms with Gasteiger partial charge in [-0.15, -0.1) is 16.4 Å². The Labute approximate surface area is 73.0 Å². The van der Waals surface area contributed by atoms with Crippen molar-refractivity contribution < 1.29 is 0 Å². The normalized spacial score (nSPS) is 17.3. The highest BCUT2D eigenvalue weighted by Crippen LogP contribution is 2.38. The van der Waals surface area contributed by atoms with Gasteiger partial charge in [0.15, 0.2) is 5.82 Å². The number of rotatable bonds is 1. The maximum absolute atomic E-state index is 5.68. The highest BCUT2D eigenvalue weighted by atomic mass is 32.1. The van der Waals surface area contributed by atoms with Gasteiger partial charge in [-0.05, 0) is 12.8 Å². The van der Waals surface area contributed by atoms with Gasteiger partial charge in [0.25, 0.3) is 0 Å². The van der Waals surface area contributed by atoms with Gasteiger partial charge in [0, 0.05) is 11.3 Å². The number of hydrogen-bond acceptors (Lipinski definition) is 4. The molecule has 5 heteroatoms. The van der Waals surface area contributed by atoms with Crippen molar-refractivity contribution >= 4 is 22.1 Å². The molecule has 1 aliphatic carbocycles. The lowest BCUT2D eigenvalue weighted by Crippen LogP contribution is -1.93. The molecule has 1 saturated carbocycles. The standard InChI is InChI=1S/C7H8N4S/c8-5-3-12-7-9-6(4-1-2-4)10-11(5)7/h3-4H,1-2,8H2. The predicted octanol–water partition coefficient (Wildman–Crippen LogP) is 1.25. The summed E-state index contributed by atoms with van der Waals surface area (Å²) in [6.45, 7) is 0. The molecule has 2 heterocycles. The van der Waals surface area contributed by atoms with E-state index in [1.807, 2.05) is 5.38 Å². The Hall–Kier alpha value is -1.10. The largest absolute Gasteiger partial charge is 0.383 e. The molecule has 2 N–H and O–H groups in total. The number of nitrogens with two attached hydrogens (primary N) is 1. The second kappa shape index (κ2) is 1.98. The number of nitrogens with zero attached hydrogens (tertiary/aromatic N) is 3. The number of hydrogen-bond donors (Lipinski definition) is 1. The second-order valence-corrected chi connectivity index (χ2v) is 3.94. The number of anilines is 1. The molecule has 0 amide bonds. The van der Waals surface area contributed by atoms with Crippen LogP contribution < -0.4 is 5.73 Å². The average Bonchev–Trinajstić information content (AvgIpc) is 2.73. The monoisotopic (exact) mass is 180 g/mol. The zero-order valence-electron chi connectivity index (χ0n) is 6.40. The summed E-state index contributed by atoms with van der Waals surface area (Å²) in [7, 11) is 0. The summed E-state index contributed by atoms with van der Waals surface area (Å²) in [6.07, 6.45) is 2.47. The van der Waals surface area contributed by atoms with Gasteiger partial charge in [-0.3, -0.25) is 0 Å². The number of aromatic nitrogens is 3. The molecule has 0 bridgehead atoms. The Morgan fingerprint density at radius 1 is 1.58 bits per heavy atom.